The van der Waals surface area contributed by atoms with Crippen LogP contribution in [0.4, 0.5) is 0 Å². The van der Waals surface area contributed by atoms with Gasteiger partial charge in [-0.3, -0.25) is 0 Å². The maximum Gasteiger partial charge on any atom is 0.336 e. The fraction of sp³-hybridized carbons (Fsp3) is 0.500. The lowest BCUT2D eigenvalue weighted by Crippen LogP contribution is -2.36. The highest BCUT2D eigenvalue weighted by atomic mass is 16.5. The number of methoxy groups -OCH3 is 1. The van der Waals surface area contributed by atoms with E-state index in [0.29, 0.717) is 59.8 Å². The molecule has 0 fully saturated rings. The monoisotopic (exact) mass is 829 g/mol. The van der Waals surface area contributed by atoms with Crippen molar-refractivity contribution in [1.82, 2.24) is 15.5 Å². The molecule has 1 aliphatic rings. The summed E-state index contributed by atoms with van der Waals surface area (Å²) in [6.07, 6.45) is 5.63. The Balaban J connectivity index is 1.22. The Labute approximate surface area is 356 Å². The van der Waals surface area contributed by atoms with E-state index in [2.05, 4.69) is 17.6 Å². The summed E-state index contributed by atoms with van der Waals surface area (Å²) in [4.78, 5) is 29.8. The number of benzene rings is 3. The molecule has 4 rings (SSSR count). The van der Waals surface area contributed by atoms with Crippen molar-refractivity contribution < 1.29 is 43.5 Å². The van der Waals surface area contributed by atoms with E-state index in [9.17, 15) is 19.8 Å². The molecular weight excluding hydrogens is 763 g/mol. The molecule has 3 aromatic rings. The number of aliphatic hydroxyl groups is 2. The zero-order valence-electron chi connectivity index (χ0n) is 36.2. The van der Waals surface area contributed by atoms with Crippen LogP contribution in [0.2, 0.25) is 0 Å². The highest BCUT2D eigenvalue weighted by Gasteiger charge is 2.41. The van der Waals surface area contributed by atoms with E-state index in [1.807, 2.05) is 111 Å². The molecule has 1 heterocycles. The summed E-state index contributed by atoms with van der Waals surface area (Å²) in [6, 6.07) is 26.5. The van der Waals surface area contributed by atoms with Crippen molar-refractivity contribution in [1.29, 1.82) is 0 Å². The third kappa shape index (κ3) is 15.6. The molecule has 0 radical (unpaired) electrons. The van der Waals surface area contributed by atoms with E-state index >= 15 is 0 Å². The third-order valence-electron chi connectivity index (χ3n) is 10.7. The van der Waals surface area contributed by atoms with Gasteiger partial charge < -0.3 is 49.4 Å². The van der Waals surface area contributed by atoms with Crippen molar-refractivity contribution in [3.8, 4) is 17.2 Å². The van der Waals surface area contributed by atoms with Crippen LogP contribution in [0, 0.1) is 0 Å². The Kier molecular flexibility index (Phi) is 21.0. The Morgan fingerprint density at radius 2 is 1.18 bits per heavy atom. The molecule has 328 valence electrons. The van der Waals surface area contributed by atoms with Crippen molar-refractivity contribution in [2.45, 2.75) is 96.3 Å². The highest BCUT2D eigenvalue weighted by molar-refractivity contribution is 6.00. The minimum atomic E-state index is -0.739. The summed E-state index contributed by atoms with van der Waals surface area (Å²) in [6.45, 7) is 8.43. The van der Waals surface area contributed by atoms with E-state index in [4.69, 9.17) is 23.7 Å². The number of para-hydroxylation sites is 3. The lowest BCUT2D eigenvalue weighted by molar-refractivity contribution is -0.140. The summed E-state index contributed by atoms with van der Waals surface area (Å²) in [7, 11) is 3.42. The Morgan fingerprint density at radius 3 is 1.75 bits per heavy atom. The number of nitrogens with zero attached hydrogens (tertiary/aromatic N) is 1. The van der Waals surface area contributed by atoms with Gasteiger partial charge in [0.2, 0.25) is 0 Å². The van der Waals surface area contributed by atoms with Crippen LogP contribution in [0.3, 0.4) is 0 Å². The first-order valence-electron chi connectivity index (χ1n) is 21.4. The van der Waals surface area contributed by atoms with Crippen LogP contribution in [-0.2, 0) is 19.1 Å². The van der Waals surface area contributed by atoms with Gasteiger partial charge in [0.15, 0.2) is 0 Å². The van der Waals surface area contributed by atoms with Gasteiger partial charge in [0.25, 0.3) is 0 Å². The van der Waals surface area contributed by atoms with E-state index in [1.165, 1.54) is 0 Å². The molecule has 4 unspecified atom stereocenters. The van der Waals surface area contributed by atoms with E-state index in [-0.39, 0.29) is 32.5 Å². The van der Waals surface area contributed by atoms with E-state index < -0.39 is 30.1 Å². The van der Waals surface area contributed by atoms with Gasteiger partial charge in [-0.2, -0.15) is 0 Å². The number of aliphatic hydroxyl groups excluding tert-OH is 2. The van der Waals surface area contributed by atoms with Gasteiger partial charge in [0.05, 0.1) is 37.4 Å². The van der Waals surface area contributed by atoms with Crippen LogP contribution in [0.5, 0.6) is 17.2 Å². The molecule has 0 aliphatic carbocycles. The van der Waals surface area contributed by atoms with E-state index in [1.54, 1.807) is 7.11 Å². The molecule has 3 aromatic carbocycles. The molecular formula is C48H67N3O9. The van der Waals surface area contributed by atoms with E-state index in [0.717, 1.165) is 56.6 Å². The minimum Gasteiger partial charge on any atom is -0.496 e. The topological polar surface area (TPSA) is 148 Å². The van der Waals surface area contributed by atoms with Gasteiger partial charge in [-0.05, 0) is 83.3 Å². The average molecular weight is 830 g/mol. The normalized spacial score (nSPS) is 15.7. The molecule has 4 atom stereocenters. The summed E-state index contributed by atoms with van der Waals surface area (Å²) >= 11 is 0. The molecule has 4 N–H and O–H groups in total. The predicted molar refractivity (Wildman–Crippen MR) is 234 cm³/mol. The number of allylic oxidation sites excluding steroid dienone is 2. The highest BCUT2D eigenvalue weighted by Crippen LogP contribution is 2.45. The zero-order chi connectivity index (χ0) is 43.1. The number of hydrogen-bond donors (Lipinski definition) is 4. The number of esters is 2. The van der Waals surface area contributed by atoms with Crippen LogP contribution in [0.25, 0.3) is 0 Å². The molecule has 1 aliphatic heterocycles. The number of carbonyl (C=O) groups is 2. The van der Waals surface area contributed by atoms with Crippen LogP contribution < -0.4 is 24.8 Å². The molecule has 12 nitrogen and oxygen atoms in total. The SMILES string of the molecule is COc1ccccc1C1C(C(=O)OCCCCCCNCC(O)COc2ccccc2)=C(C)N(C)C(C)=C1C(=O)OCCCCCC(C)NCC(O)COc1ccccc1. The number of rotatable bonds is 28. The fourth-order valence-electron chi connectivity index (χ4n) is 7.09. The second kappa shape index (κ2) is 26.4. The average Bonchev–Trinajstić information content (AvgIpc) is 3.27. The van der Waals surface area contributed by atoms with Crippen LogP contribution in [0.1, 0.15) is 83.6 Å². The van der Waals surface area contributed by atoms with Gasteiger partial charge in [-0.1, -0.05) is 80.3 Å². The summed E-state index contributed by atoms with van der Waals surface area (Å²) < 4.78 is 28.8. The van der Waals surface area contributed by atoms with Gasteiger partial charge in [-0.15, -0.1) is 0 Å². The van der Waals surface area contributed by atoms with Crippen LogP contribution >= 0.6 is 0 Å². The lowest BCUT2D eigenvalue weighted by atomic mass is 9.79. The van der Waals surface area contributed by atoms with Crippen LogP contribution in [0.15, 0.2) is 107 Å². The predicted octanol–water partition coefficient (Wildman–Crippen LogP) is 6.93. The first kappa shape index (κ1) is 47.8. The number of unbranched alkanes of at least 4 members (excludes halogenated alkanes) is 5. The van der Waals surface area contributed by atoms with Gasteiger partial charge in [0, 0.05) is 43.1 Å². The molecule has 0 aromatic heterocycles. The Hall–Kier alpha value is -4.88. The van der Waals surface area contributed by atoms with Crippen molar-refractivity contribution >= 4 is 11.9 Å². The van der Waals surface area contributed by atoms with Gasteiger partial charge in [-0.25, -0.2) is 9.59 Å². The number of ether oxygens (including phenoxy) is 5. The molecule has 0 saturated carbocycles. The van der Waals surface area contributed by atoms with Crippen molar-refractivity contribution in [3.63, 3.8) is 0 Å². The summed E-state index contributed by atoms with van der Waals surface area (Å²) in [5, 5.41) is 27.2. The maximum atomic E-state index is 14.0. The first-order chi connectivity index (χ1) is 29.1. The summed E-state index contributed by atoms with van der Waals surface area (Å²) in [5.74, 6) is 0.346. The second-order valence-corrected chi connectivity index (χ2v) is 15.3. The second-order valence-electron chi connectivity index (χ2n) is 15.3. The zero-order valence-corrected chi connectivity index (χ0v) is 36.2. The molecule has 0 bridgehead atoms. The smallest absolute Gasteiger partial charge is 0.336 e. The standard InChI is InChI=1S/C48H67N3O9/c1-35(50-32-39(53)34-60-41-24-14-9-15-25-41)21-11-10-20-30-58-48(55)45-37(3)51(4)36(2)44(46(45)42-26-16-17-27-43(42)56-5)47(54)57-29-19-7-6-18-28-49-31-38(52)33-59-40-22-12-8-13-23-40/h8-9,12-17,22-27,35,38-39,46,49-50,52-53H,6-7,10-11,18-21,28-34H2,1-5H3. The molecule has 0 spiro atoms. The lowest BCUT2D eigenvalue weighted by Gasteiger charge is -2.36. The Bertz CT molecular complexity index is 1790. The maximum absolute atomic E-state index is 14.0. The van der Waals surface area contributed by atoms with Gasteiger partial charge >= 0.3 is 11.9 Å². The van der Waals surface area contributed by atoms with Crippen molar-refractivity contribution in [2.24, 2.45) is 0 Å². The number of nitrogens with one attached hydrogen (secondary N) is 2. The summed E-state index contributed by atoms with van der Waals surface area (Å²) in [5.41, 5.74) is 2.86. The molecule has 60 heavy (non-hydrogen) atoms. The van der Waals surface area contributed by atoms with Gasteiger partial charge in [0.1, 0.15) is 42.7 Å². The molecule has 0 saturated heterocycles. The van der Waals surface area contributed by atoms with Crippen molar-refractivity contribution in [2.75, 3.05) is 60.2 Å². The van der Waals surface area contributed by atoms with Crippen LogP contribution in [-0.4, -0.2) is 106 Å². The third-order valence-corrected chi connectivity index (χ3v) is 10.7. The fourth-order valence-corrected chi connectivity index (χ4v) is 7.09. The Morgan fingerprint density at radius 1 is 0.683 bits per heavy atom. The number of hydrogen-bond acceptors (Lipinski definition) is 12. The molecule has 12 heteroatoms. The van der Waals surface area contributed by atoms with Crippen molar-refractivity contribution in [3.05, 3.63) is 113 Å². The minimum absolute atomic E-state index is 0.208. The number of carbonyl (C=O) groups excluding carboxylic acids is 2. The quantitative estimate of drug-likeness (QED) is 0.0445. The molecule has 0 amide bonds. The largest absolute Gasteiger partial charge is 0.496 e. The first-order valence-corrected chi connectivity index (χ1v) is 21.4.